The van der Waals surface area contributed by atoms with Gasteiger partial charge in [-0.2, -0.15) is 13.2 Å². The first-order chi connectivity index (χ1) is 16.5. The van der Waals surface area contributed by atoms with Crippen LogP contribution in [0.1, 0.15) is 46.7 Å². The minimum Gasteiger partial charge on any atom is -0.338 e. The molecule has 0 unspecified atom stereocenters. The Morgan fingerprint density at radius 3 is 2.46 bits per heavy atom. The number of rotatable bonds is 4. The fourth-order valence-corrected chi connectivity index (χ4v) is 6.03. The number of piperidine rings is 2. The van der Waals surface area contributed by atoms with Crippen molar-refractivity contribution in [2.45, 2.75) is 43.4 Å². The quantitative estimate of drug-likeness (QED) is 0.443. The van der Waals surface area contributed by atoms with Crippen molar-refractivity contribution in [3.05, 3.63) is 67.6 Å². The van der Waals surface area contributed by atoms with Gasteiger partial charge in [-0.1, -0.05) is 45.2 Å². The smallest absolute Gasteiger partial charge is 0.338 e. The molecule has 1 N–H and O–H groups in total. The third-order valence-corrected chi connectivity index (χ3v) is 8.29. The molecule has 0 radical (unpaired) electrons. The highest BCUT2D eigenvalue weighted by molar-refractivity contribution is 9.10. The normalized spacial score (nSPS) is 22.3. The monoisotopic (exact) mass is 591 g/mol. The second-order valence-corrected chi connectivity index (χ2v) is 11.0. The Hall–Kier alpha value is -1.32. The number of nitrogens with one attached hydrogen (secondary N) is 1. The number of carbonyl (C=O) groups excluding carboxylic acids is 1. The summed E-state index contributed by atoms with van der Waals surface area (Å²) < 4.78 is 40.3. The highest BCUT2D eigenvalue weighted by Gasteiger charge is 2.38. The minimum atomic E-state index is -4.54. The van der Waals surface area contributed by atoms with Crippen molar-refractivity contribution in [3.63, 3.8) is 0 Å². The van der Waals surface area contributed by atoms with E-state index in [9.17, 15) is 18.0 Å². The van der Waals surface area contributed by atoms with Gasteiger partial charge >= 0.3 is 6.18 Å². The Labute approximate surface area is 221 Å². The predicted octanol–water partition coefficient (Wildman–Crippen LogP) is 6.46. The van der Waals surface area contributed by atoms with Crippen LogP contribution in [0.3, 0.4) is 0 Å². The minimum absolute atomic E-state index is 0.00266. The molecule has 0 aromatic heterocycles. The van der Waals surface area contributed by atoms with Crippen molar-refractivity contribution in [1.29, 1.82) is 0 Å². The molecule has 2 saturated heterocycles. The number of alkyl halides is 3. The average molecular weight is 593 g/mol. The summed E-state index contributed by atoms with van der Waals surface area (Å²) in [4.78, 5) is 17.5. The van der Waals surface area contributed by atoms with Crippen molar-refractivity contribution < 1.29 is 18.0 Å². The molecule has 2 aromatic carbocycles. The second-order valence-electron chi connectivity index (χ2n) is 9.25. The zero-order valence-electron chi connectivity index (χ0n) is 19.2. The summed E-state index contributed by atoms with van der Waals surface area (Å²) in [5.41, 5.74) is 0.112. The lowest BCUT2D eigenvalue weighted by molar-refractivity contribution is -0.137. The summed E-state index contributed by atoms with van der Waals surface area (Å²) in [6.07, 6.45) is -1.71. The fourth-order valence-electron chi connectivity index (χ4n) is 5.23. The molecule has 190 valence electrons. The van der Waals surface area contributed by atoms with E-state index < -0.39 is 17.6 Å². The van der Waals surface area contributed by atoms with Crippen molar-refractivity contribution in [1.82, 2.24) is 15.1 Å². The predicted molar refractivity (Wildman–Crippen MR) is 136 cm³/mol. The van der Waals surface area contributed by atoms with E-state index in [-0.39, 0.29) is 22.0 Å². The van der Waals surface area contributed by atoms with Crippen molar-refractivity contribution in [3.8, 4) is 0 Å². The summed E-state index contributed by atoms with van der Waals surface area (Å²) in [5, 5.41) is 4.29. The Morgan fingerprint density at radius 2 is 1.80 bits per heavy atom. The number of carbonyl (C=O) groups is 1. The maximum absolute atomic E-state index is 13.4. The van der Waals surface area contributed by atoms with Crippen LogP contribution in [-0.4, -0.2) is 61.0 Å². The van der Waals surface area contributed by atoms with E-state index in [0.717, 1.165) is 56.7 Å². The number of halogens is 6. The number of likely N-dealkylation sites (N-methyl/N-ethyl adjacent to an activating group) is 1. The summed E-state index contributed by atoms with van der Waals surface area (Å²) in [6, 6.07) is 9.12. The molecule has 2 atom stereocenters. The van der Waals surface area contributed by atoms with Crippen molar-refractivity contribution in [2.75, 3.05) is 33.2 Å². The molecular formula is C25H27BrCl2F3N3O. The highest BCUT2D eigenvalue weighted by Crippen LogP contribution is 2.37. The van der Waals surface area contributed by atoms with Gasteiger partial charge in [-0.25, -0.2) is 0 Å². The van der Waals surface area contributed by atoms with E-state index in [4.69, 9.17) is 23.2 Å². The average Bonchev–Trinajstić information content (AvgIpc) is 2.84. The van der Waals surface area contributed by atoms with Gasteiger partial charge in [-0.3, -0.25) is 9.69 Å². The third kappa shape index (κ3) is 6.16. The lowest BCUT2D eigenvalue weighted by Gasteiger charge is -2.46. The van der Waals surface area contributed by atoms with Crippen LogP contribution < -0.4 is 5.32 Å². The lowest BCUT2D eigenvalue weighted by atomic mass is 9.83. The van der Waals surface area contributed by atoms with Crippen LogP contribution in [0.4, 0.5) is 13.2 Å². The molecule has 2 aromatic rings. The number of amides is 1. The van der Waals surface area contributed by atoms with Crippen LogP contribution in [0.2, 0.25) is 10.0 Å². The third-order valence-electron chi connectivity index (χ3n) is 7.09. The topological polar surface area (TPSA) is 35.6 Å². The van der Waals surface area contributed by atoms with Crippen LogP contribution in [0.25, 0.3) is 0 Å². The van der Waals surface area contributed by atoms with E-state index in [1.54, 1.807) is 18.0 Å². The Kier molecular flexibility index (Phi) is 8.38. The van der Waals surface area contributed by atoms with Gasteiger partial charge in [-0.15, -0.1) is 0 Å². The van der Waals surface area contributed by atoms with Crippen LogP contribution in [-0.2, 0) is 6.18 Å². The van der Waals surface area contributed by atoms with Gasteiger partial charge in [0.25, 0.3) is 5.91 Å². The molecule has 0 saturated carbocycles. The standard InChI is InChI=1S/C25H27BrCl2F3N3O/c1-33(24(35)16-10-17(25(29,30)31)13-18(26)11-16)23-6-9-34(19-4-7-32-8-5-19)14-20(23)15-2-3-21(27)22(28)12-15/h2-3,10-13,19-20,23,32H,4-9,14H2,1H3/t20-,23+/m0/s1. The molecule has 2 heterocycles. The molecule has 2 fully saturated rings. The Bertz CT molecular complexity index is 1080. The summed E-state index contributed by atoms with van der Waals surface area (Å²) >= 11 is 15.6. The van der Waals surface area contributed by atoms with Gasteiger partial charge in [0.15, 0.2) is 0 Å². The lowest BCUT2D eigenvalue weighted by Crippen LogP contribution is -2.54. The SMILES string of the molecule is CN(C(=O)c1cc(Br)cc(C(F)(F)F)c1)[C@@H]1CCN(C2CCNCC2)C[C@H]1c1ccc(Cl)c(Cl)c1. The molecule has 10 heteroatoms. The van der Waals surface area contributed by atoms with Crippen LogP contribution in [0.5, 0.6) is 0 Å². The van der Waals surface area contributed by atoms with E-state index in [1.807, 2.05) is 12.1 Å². The van der Waals surface area contributed by atoms with Gasteiger partial charge in [0.1, 0.15) is 0 Å². The molecule has 35 heavy (non-hydrogen) atoms. The number of nitrogens with zero attached hydrogens (tertiary/aromatic N) is 2. The van der Waals surface area contributed by atoms with Gasteiger partial charge < -0.3 is 10.2 Å². The second kappa shape index (κ2) is 11.0. The fraction of sp³-hybridized carbons (Fsp3) is 0.480. The van der Waals surface area contributed by atoms with E-state index in [2.05, 4.69) is 26.1 Å². The number of hydrogen-bond acceptors (Lipinski definition) is 3. The molecule has 2 aliphatic heterocycles. The van der Waals surface area contributed by atoms with Gasteiger partial charge in [0.2, 0.25) is 0 Å². The molecule has 1 amide bonds. The molecule has 4 rings (SSSR count). The first kappa shape index (κ1) is 26.7. The van der Waals surface area contributed by atoms with E-state index >= 15 is 0 Å². The van der Waals surface area contributed by atoms with Crippen molar-refractivity contribution in [2.24, 2.45) is 0 Å². The van der Waals surface area contributed by atoms with Crippen LogP contribution >= 0.6 is 39.1 Å². The van der Waals surface area contributed by atoms with E-state index in [0.29, 0.717) is 22.5 Å². The number of benzene rings is 2. The molecule has 0 bridgehead atoms. The number of likely N-dealkylation sites (tertiary alicyclic amines) is 1. The zero-order valence-corrected chi connectivity index (χ0v) is 22.3. The first-order valence-electron chi connectivity index (χ1n) is 11.6. The van der Waals surface area contributed by atoms with Gasteiger partial charge in [0.05, 0.1) is 15.6 Å². The van der Waals surface area contributed by atoms with Gasteiger partial charge in [0, 0.05) is 48.2 Å². The summed E-state index contributed by atoms with van der Waals surface area (Å²) in [6.45, 7) is 3.50. The zero-order chi connectivity index (χ0) is 25.3. The highest BCUT2D eigenvalue weighted by atomic mass is 79.9. The first-order valence-corrected chi connectivity index (χ1v) is 13.1. The van der Waals surface area contributed by atoms with E-state index in [1.165, 1.54) is 6.07 Å². The molecule has 2 aliphatic rings. The maximum Gasteiger partial charge on any atom is 0.416 e. The Balaban J connectivity index is 1.63. The maximum atomic E-state index is 13.4. The largest absolute Gasteiger partial charge is 0.416 e. The van der Waals surface area contributed by atoms with Crippen LogP contribution in [0.15, 0.2) is 40.9 Å². The summed E-state index contributed by atoms with van der Waals surface area (Å²) in [5.74, 6) is -0.501. The number of hydrogen-bond donors (Lipinski definition) is 1. The molecule has 0 spiro atoms. The van der Waals surface area contributed by atoms with Crippen LogP contribution in [0, 0.1) is 0 Å². The van der Waals surface area contributed by atoms with Crippen molar-refractivity contribution >= 4 is 45.0 Å². The molecule has 0 aliphatic carbocycles. The Morgan fingerprint density at radius 1 is 1.09 bits per heavy atom. The van der Waals surface area contributed by atoms with Gasteiger partial charge in [-0.05, 0) is 68.2 Å². The summed E-state index contributed by atoms with van der Waals surface area (Å²) in [7, 11) is 1.67. The molecular weight excluding hydrogens is 566 g/mol. The molecule has 4 nitrogen and oxygen atoms in total.